The van der Waals surface area contributed by atoms with Gasteiger partial charge in [0.1, 0.15) is 6.33 Å². The fraction of sp³-hybridized carbons (Fsp3) is 0.0667. The highest BCUT2D eigenvalue weighted by Gasteiger charge is 2.13. The van der Waals surface area contributed by atoms with Crippen LogP contribution in [0.25, 0.3) is 22.4 Å². The van der Waals surface area contributed by atoms with E-state index in [1.165, 1.54) is 10.9 Å². The number of halogens is 2. The van der Waals surface area contributed by atoms with Crippen molar-refractivity contribution < 1.29 is 0 Å². The van der Waals surface area contributed by atoms with Crippen molar-refractivity contribution in [3.63, 3.8) is 0 Å². The molecular weight excluding hydrogens is 337 g/mol. The molecule has 0 spiro atoms. The minimum Gasteiger partial charge on any atom is -0.284 e. The molecule has 114 valence electrons. The van der Waals surface area contributed by atoms with Crippen molar-refractivity contribution in [1.29, 1.82) is 0 Å². The predicted molar refractivity (Wildman–Crippen MR) is 88.6 cm³/mol. The summed E-state index contributed by atoms with van der Waals surface area (Å²) in [6.45, 7) is 1.78. The lowest BCUT2D eigenvalue weighted by molar-refractivity contribution is 0.949. The number of aryl methyl sites for hydroxylation is 1. The molecule has 4 aromatic rings. The summed E-state index contributed by atoms with van der Waals surface area (Å²) in [7, 11) is 0. The van der Waals surface area contributed by atoms with E-state index in [9.17, 15) is 4.79 Å². The van der Waals surface area contributed by atoms with Crippen LogP contribution in [-0.4, -0.2) is 24.1 Å². The van der Waals surface area contributed by atoms with Gasteiger partial charge in [-0.25, -0.2) is 4.98 Å². The fourth-order valence-corrected chi connectivity index (χ4v) is 2.86. The molecular formula is C15H9Cl2N5O. The van der Waals surface area contributed by atoms with Crippen molar-refractivity contribution in [3.05, 3.63) is 62.9 Å². The molecule has 0 aliphatic rings. The summed E-state index contributed by atoms with van der Waals surface area (Å²) in [6, 6.07) is 6.84. The van der Waals surface area contributed by atoms with Crippen molar-refractivity contribution in [1.82, 2.24) is 24.1 Å². The molecule has 0 radical (unpaired) electrons. The molecule has 1 aromatic carbocycles. The molecule has 0 bridgehead atoms. The van der Waals surface area contributed by atoms with E-state index in [-0.39, 0.29) is 5.56 Å². The zero-order valence-electron chi connectivity index (χ0n) is 11.9. The number of aromatic nitrogens is 5. The molecule has 0 aliphatic heterocycles. The number of hydrogen-bond donors (Lipinski definition) is 0. The molecule has 0 unspecified atom stereocenters. The average Bonchev–Trinajstić information content (AvgIpc) is 2.98. The minimum absolute atomic E-state index is 0.205. The summed E-state index contributed by atoms with van der Waals surface area (Å²) in [4.78, 5) is 21.3. The molecule has 0 N–H and O–H groups in total. The van der Waals surface area contributed by atoms with E-state index in [4.69, 9.17) is 23.2 Å². The first kappa shape index (κ1) is 14.2. The number of fused-ring (bicyclic) bond motifs is 3. The number of pyridine rings is 1. The van der Waals surface area contributed by atoms with Crippen LogP contribution in [0.1, 0.15) is 5.69 Å². The Hall–Kier alpha value is -2.44. The predicted octanol–water partition coefficient (Wildman–Crippen LogP) is 3.04. The molecule has 8 heteroatoms. The first-order chi connectivity index (χ1) is 11.1. The van der Waals surface area contributed by atoms with E-state index in [2.05, 4.69) is 15.1 Å². The molecule has 3 aromatic heterocycles. The molecule has 0 saturated carbocycles. The third-order valence-corrected chi connectivity index (χ3v) is 4.38. The largest absolute Gasteiger partial charge is 0.284 e. The van der Waals surface area contributed by atoms with Crippen molar-refractivity contribution in [2.24, 2.45) is 0 Å². The summed E-state index contributed by atoms with van der Waals surface area (Å²) in [5.41, 5.74) is 1.68. The molecule has 23 heavy (non-hydrogen) atoms. The zero-order valence-corrected chi connectivity index (χ0v) is 13.4. The fourth-order valence-electron chi connectivity index (χ4n) is 2.57. The molecule has 4 rings (SSSR count). The maximum atomic E-state index is 12.9. The van der Waals surface area contributed by atoms with E-state index >= 15 is 0 Å². The van der Waals surface area contributed by atoms with Crippen LogP contribution in [0.4, 0.5) is 0 Å². The highest BCUT2D eigenvalue weighted by Crippen LogP contribution is 2.24. The van der Waals surface area contributed by atoms with Gasteiger partial charge in [0.15, 0.2) is 0 Å². The van der Waals surface area contributed by atoms with Crippen LogP contribution in [0.5, 0.6) is 0 Å². The summed E-state index contributed by atoms with van der Waals surface area (Å²) >= 11 is 12.0. The van der Waals surface area contributed by atoms with E-state index in [1.807, 2.05) is 0 Å². The standard InChI is InChI=1S/C15H9Cl2N5O/c1-8-13-12(22-15(20-8)18-7-19-22)4-5-21(14(13)23)9-2-3-10(16)11(17)6-9/h2-7H,1H3. The van der Waals surface area contributed by atoms with Crippen LogP contribution in [0.15, 0.2) is 41.6 Å². The van der Waals surface area contributed by atoms with Gasteiger partial charge >= 0.3 is 0 Å². The van der Waals surface area contributed by atoms with E-state index in [1.54, 1.807) is 41.9 Å². The molecule has 0 atom stereocenters. The zero-order chi connectivity index (χ0) is 16.1. The maximum Gasteiger partial charge on any atom is 0.266 e. The monoisotopic (exact) mass is 345 g/mol. The number of rotatable bonds is 1. The Morgan fingerprint density at radius 3 is 2.74 bits per heavy atom. The Labute approximate surface area is 139 Å². The summed E-state index contributed by atoms with van der Waals surface area (Å²) in [6.07, 6.45) is 3.08. The van der Waals surface area contributed by atoms with Gasteiger partial charge in [-0.1, -0.05) is 23.2 Å². The summed E-state index contributed by atoms with van der Waals surface area (Å²) in [5.74, 6) is 0.460. The molecule has 0 amide bonds. The second kappa shape index (κ2) is 5.04. The van der Waals surface area contributed by atoms with E-state index in [0.717, 1.165) is 0 Å². The highest BCUT2D eigenvalue weighted by molar-refractivity contribution is 6.42. The normalized spacial score (nSPS) is 11.4. The van der Waals surface area contributed by atoms with Gasteiger partial charge in [0.25, 0.3) is 11.3 Å². The number of benzene rings is 1. The quantitative estimate of drug-likeness (QED) is 0.531. The van der Waals surface area contributed by atoms with Gasteiger partial charge in [-0.3, -0.25) is 9.36 Å². The molecule has 6 nitrogen and oxygen atoms in total. The van der Waals surface area contributed by atoms with Gasteiger partial charge in [-0.15, -0.1) is 0 Å². The van der Waals surface area contributed by atoms with Gasteiger partial charge < -0.3 is 0 Å². The third-order valence-electron chi connectivity index (χ3n) is 3.64. The van der Waals surface area contributed by atoms with Crippen molar-refractivity contribution in [2.45, 2.75) is 6.92 Å². The van der Waals surface area contributed by atoms with Gasteiger partial charge in [-0.05, 0) is 31.2 Å². The van der Waals surface area contributed by atoms with Crippen LogP contribution in [0, 0.1) is 6.92 Å². The Bertz CT molecular complexity index is 1130. The van der Waals surface area contributed by atoms with Gasteiger partial charge in [0, 0.05) is 6.20 Å². The van der Waals surface area contributed by atoms with Crippen LogP contribution >= 0.6 is 23.2 Å². The molecule has 3 heterocycles. The van der Waals surface area contributed by atoms with Crippen LogP contribution in [0.3, 0.4) is 0 Å². The Morgan fingerprint density at radius 2 is 1.96 bits per heavy atom. The van der Waals surface area contributed by atoms with Crippen LogP contribution in [-0.2, 0) is 0 Å². The van der Waals surface area contributed by atoms with Crippen molar-refractivity contribution in [2.75, 3.05) is 0 Å². The van der Waals surface area contributed by atoms with Gasteiger partial charge in [0.2, 0.25) is 0 Å². The number of nitrogens with zero attached hydrogens (tertiary/aromatic N) is 5. The lowest BCUT2D eigenvalue weighted by Crippen LogP contribution is -2.20. The second-order valence-electron chi connectivity index (χ2n) is 5.02. The molecule has 0 saturated heterocycles. The van der Waals surface area contributed by atoms with Crippen molar-refractivity contribution in [3.8, 4) is 5.69 Å². The number of hydrogen-bond acceptors (Lipinski definition) is 4. The minimum atomic E-state index is -0.205. The average molecular weight is 346 g/mol. The summed E-state index contributed by atoms with van der Waals surface area (Å²) < 4.78 is 3.05. The second-order valence-corrected chi connectivity index (χ2v) is 5.83. The molecule has 0 aliphatic carbocycles. The SMILES string of the molecule is Cc1nc2ncnn2c2ccn(-c3ccc(Cl)c(Cl)c3)c(=O)c12. The van der Waals surface area contributed by atoms with Gasteiger partial charge in [0.05, 0.1) is 32.3 Å². The Kier molecular flexibility index (Phi) is 3.11. The van der Waals surface area contributed by atoms with E-state index < -0.39 is 0 Å². The smallest absolute Gasteiger partial charge is 0.266 e. The Balaban J connectivity index is 2.08. The molecule has 0 fully saturated rings. The third kappa shape index (κ3) is 2.10. The topological polar surface area (TPSA) is 65.1 Å². The lowest BCUT2D eigenvalue weighted by atomic mass is 10.2. The maximum absolute atomic E-state index is 12.9. The summed E-state index contributed by atoms with van der Waals surface area (Å²) in [5, 5.41) is 5.42. The van der Waals surface area contributed by atoms with Crippen LogP contribution < -0.4 is 5.56 Å². The highest BCUT2D eigenvalue weighted by atomic mass is 35.5. The van der Waals surface area contributed by atoms with Crippen LogP contribution in [0.2, 0.25) is 10.0 Å². The lowest BCUT2D eigenvalue weighted by Gasteiger charge is -2.10. The van der Waals surface area contributed by atoms with Gasteiger partial charge in [-0.2, -0.15) is 14.6 Å². The van der Waals surface area contributed by atoms with Crippen molar-refractivity contribution >= 4 is 39.9 Å². The first-order valence-electron chi connectivity index (χ1n) is 6.73. The first-order valence-corrected chi connectivity index (χ1v) is 7.49. The van der Waals surface area contributed by atoms with E-state index in [0.29, 0.717) is 38.1 Å². The Morgan fingerprint density at radius 1 is 1.13 bits per heavy atom.